The number of rotatable bonds is 4. The van der Waals surface area contributed by atoms with Crippen LogP contribution < -0.4 is 4.74 Å². The number of benzene rings is 1. The molecule has 0 bridgehead atoms. The van der Waals surface area contributed by atoms with Crippen LogP contribution in [0.15, 0.2) is 18.2 Å². The van der Waals surface area contributed by atoms with Crippen molar-refractivity contribution in [1.29, 1.82) is 0 Å². The van der Waals surface area contributed by atoms with Crippen molar-refractivity contribution in [2.45, 2.75) is 25.4 Å². The molecule has 0 aliphatic carbocycles. The second-order valence-electron chi connectivity index (χ2n) is 4.10. The molecule has 2 rings (SSSR count). The minimum Gasteiger partial charge on any atom is -0.496 e. The molecule has 0 radical (unpaired) electrons. The van der Waals surface area contributed by atoms with Gasteiger partial charge in [-0.15, -0.1) is 0 Å². The van der Waals surface area contributed by atoms with Crippen LogP contribution in [-0.4, -0.2) is 25.6 Å². The summed E-state index contributed by atoms with van der Waals surface area (Å²) in [5.41, 5.74) is 0.820. The fraction of sp³-hybridized carbons (Fsp3) is 0.462. The Bertz CT molecular complexity index is 411. The molecule has 0 spiro atoms. The highest BCUT2D eigenvalue weighted by molar-refractivity contribution is 6.30. The third kappa shape index (κ3) is 2.99. The summed E-state index contributed by atoms with van der Waals surface area (Å²) < 4.78 is 10.6. The summed E-state index contributed by atoms with van der Waals surface area (Å²) in [4.78, 5) is 12.0. The maximum absolute atomic E-state index is 12.0. The first-order valence-electron chi connectivity index (χ1n) is 5.67. The fourth-order valence-corrected chi connectivity index (χ4v) is 2.21. The Labute approximate surface area is 106 Å². The molecule has 0 N–H and O–H groups in total. The SMILES string of the molecule is COc1ccc(Cl)cc1CC(=O)C1CCCO1. The van der Waals surface area contributed by atoms with Gasteiger partial charge in [0.2, 0.25) is 0 Å². The molecule has 92 valence electrons. The van der Waals surface area contributed by atoms with Gasteiger partial charge in [-0.3, -0.25) is 4.79 Å². The summed E-state index contributed by atoms with van der Waals surface area (Å²) in [6.07, 6.45) is 1.85. The number of carbonyl (C=O) groups is 1. The summed E-state index contributed by atoms with van der Waals surface area (Å²) in [5.74, 6) is 0.795. The molecule has 1 aliphatic rings. The van der Waals surface area contributed by atoms with Crippen LogP contribution in [0.25, 0.3) is 0 Å². The summed E-state index contributed by atoms with van der Waals surface area (Å²) in [6.45, 7) is 0.684. The normalized spacial score (nSPS) is 19.3. The summed E-state index contributed by atoms with van der Waals surface area (Å²) in [7, 11) is 1.59. The van der Waals surface area contributed by atoms with Crippen molar-refractivity contribution in [1.82, 2.24) is 0 Å². The van der Waals surface area contributed by atoms with E-state index in [-0.39, 0.29) is 11.9 Å². The molecule has 3 nitrogen and oxygen atoms in total. The van der Waals surface area contributed by atoms with E-state index >= 15 is 0 Å². The van der Waals surface area contributed by atoms with Crippen LogP contribution in [0.5, 0.6) is 5.75 Å². The van der Waals surface area contributed by atoms with Crippen molar-refractivity contribution in [3.63, 3.8) is 0 Å². The molecule has 0 saturated carbocycles. The molecule has 1 heterocycles. The second-order valence-corrected chi connectivity index (χ2v) is 4.54. The molecule has 0 aromatic heterocycles. The standard InChI is InChI=1S/C13H15ClO3/c1-16-12-5-4-10(14)7-9(12)8-11(15)13-3-2-6-17-13/h4-5,7,13H,2-3,6,8H2,1H3. The molecule has 1 atom stereocenters. The lowest BCUT2D eigenvalue weighted by Crippen LogP contribution is -2.21. The molecule has 1 aromatic carbocycles. The lowest BCUT2D eigenvalue weighted by Gasteiger charge is -2.11. The topological polar surface area (TPSA) is 35.5 Å². The van der Waals surface area contributed by atoms with Crippen molar-refractivity contribution in [3.8, 4) is 5.75 Å². The van der Waals surface area contributed by atoms with Crippen molar-refractivity contribution >= 4 is 17.4 Å². The van der Waals surface area contributed by atoms with E-state index in [9.17, 15) is 4.79 Å². The number of ketones is 1. The Balaban J connectivity index is 2.11. The largest absolute Gasteiger partial charge is 0.496 e. The van der Waals surface area contributed by atoms with Crippen molar-refractivity contribution in [2.75, 3.05) is 13.7 Å². The van der Waals surface area contributed by atoms with Gasteiger partial charge >= 0.3 is 0 Å². The highest BCUT2D eigenvalue weighted by Crippen LogP contribution is 2.24. The van der Waals surface area contributed by atoms with E-state index in [0.29, 0.717) is 23.8 Å². The molecule has 1 aliphatic heterocycles. The number of hydrogen-bond acceptors (Lipinski definition) is 3. The van der Waals surface area contributed by atoms with Gasteiger partial charge in [0.05, 0.1) is 7.11 Å². The smallest absolute Gasteiger partial charge is 0.166 e. The van der Waals surface area contributed by atoms with Gasteiger partial charge < -0.3 is 9.47 Å². The van der Waals surface area contributed by atoms with E-state index < -0.39 is 0 Å². The lowest BCUT2D eigenvalue weighted by molar-refractivity contribution is -0.127. The van der Waals surface area contributed by atoms with E-state index in [1.165, 1.54) is 0 Å². The number of hydrogen-bond donors (Lipinski definition) is 0. The minimum atomic E-state index is -0.251. The van der Waals surface area contributed by atoms with Crippen LogP contribution in [0.1, 0.15) is 18.4 Å². The first-order valence-corrected chi connectivity index (χ1v) is 6.05. The lowest BCUT2D eigenvalue weighted by atomic mass is 10.0. The summed E-state index contributed by atoms with van der Waals surface area (Å²) >= 11 is 5.92. The van der Waals surface area contributed by atoms with Gasteiger partial charge in [-0.1, -0.05) is 11.6 Å². The quantitative estimate of drug-likeness (QED) is 0.829. The van der Waals surface area contributed by atoms with Crippen LogP contribution in [0, 0.1) is 0 Å². The Morgan fingerprint density at radius 1 is 1.59 bits per heavy atom. The van der Waals surface area contributed by atoms with Gasteiger partial charge in [0.1, 0.15) is 11.9 Å². The molecular weight excluding hydrogens is 240 g/mol. The van der Waals surface area contributed by atoms with E-state index in [1.807, 2.05) is 0 Å². The predicted octanol–water partition coefficient (Wildman–Crippen LogP) is 2.64. The summed E-state index contributed by atoms with van der Waals surface area (Å²) in [5, 5.41) is 0.612. The van der Waals surface area contributed by atoms with Gasteiger partial charge in [0.25, 0.3) is 0 Å². The number of carbonyl (C=O) groups excluding carboxylic acids is 1. The highest BCUT2D eigenvalue weighted by Gasteiger charge is 2.24. The average Bonchev–Trinajstić information content (AvgIpc) is 2.83. The molecule has 0 amide bonds. The van der Waals surface area contributed by atoms with Gasteiger partial charge in [-0.2, -0.15) is 0 Å². The number of halogens is 1. The van der Waals surface area contributed by atoms with Crippen LogP contribution in [0.2, 0.25) is 5.02 Å². The molecule has 4 heteroatoms. The van der Waals surface area contributed by atoms with E-state index in [1.54, 1.807) is 25.3 Å². The average molecular weight is 255 g/mol. The van der Waals surface area contributed by atoms with Gasteiger partial charge in [0, 0.05) is 23.6 Å². The van der Waals surface area contributed by atoms with Crippen LogP contribution >= 0.6 is 11.6 Å². The zero-order valence-electron chi connectivity index (χ0n) is 9.74. The van der Waals surface area contributed by atoms with Crippen LogP contribution in [-0.2, 0) is 16.0 Å². The molecule has 1 unspecified atom stereocenters. The van der Waals surface area contributed by atoms with Crippen LogP contribution in [0.4, 0.5) is 0 Å². The Morgan fingerprint density at radius 2 is 2.41 bits per heavy atom. The minimum absolute atomic E-state index is 0.100. The fourth-order valence-electron chi connectivity index (χ4n) is 2.02. The predicted molar refractivity (Wildman–Crippen MR) is 65.7 cm³/mol. The molecular formula is C13H15ClO3. The monoisotopic (exact) mass is 254 g/mol. The molecule has 1 fully saturated rings. The maximum Gasteiger partial charge on any atom is 0.166 e. The highest BCUT2D eigenvalue weighted by atomic mass is 35.5. The number of methoxy groups -OCH3 is 1. The van der Waals surface area contributed by atoms with E-state index in [0.717, 1.165) is 18.4 Å². The molecule has 1 aromatic rings. The first kappa shape index (κ1) is 12.4. The summed E-state index contributed by atoms with van der Waals surface area (Å²) in [6, 6.07) is 5.30. The number of ether oxygens (including phenoxy) is 2. The van der Waals surface area contributed by atoms with Gasteiger partial charge in [-0.25, -0.2) is 0 Å². The molecule has 17 heavy (non-hydrogen) atoms. The van der Waals surface area contributed by atoms with Crippen molar-refractivity contribution < 1.29 is 14.3 Å². The third-order valence-electron chi connectivity index (χ3n) is 2.90. The zero-order valence-corrected chi connectivity index (χ0v) is 10.5. The van der Waals surface area contributed by atoms with Crippen molar-refractivity contribution in [3.05, 3.63) is 28.8 Å². The van der Waals surface area contributed by atoms with Crippen molar-refractivity contribution in [2.24, 2.45) is 0 Å². The number of Topliss-reactive ketones (excluding diaryl/α,β-unsaturated/α-hetero) is 1. The van der Waals surface area contributed by atoms with Gasteiger partial charge in [-0.05, 0) is 31.0 Å². The van der Waals surface area contributed by atoms with Gasteiger partial charge in [0.15, 0.2) is 5.78 Å². The Kier molecular flexibility index (Phi) is 4.02. The third-order valence-corrected chi connectivity index (χ3v) is 3.13. The first-order chi connectivity index (χ1) is 8.20. The second kappa shape index (κ2) is 5.52. The zero-order chi connectivity index (χ0) is 12.3. The molecule has 1 saturated heterocycles. The maximum atomic E-state index is 12.0. The Morgan fingerprint density at radius 3 is 3.06 bits per heavy atom. The Hall–Kier alpha value is -1.06. The van der Waals surface area contributed by atoms with E-state index in [2.05, 4.69) is 0 Å². The van der Waals surface area contributed by atoms with Crippen LogP contribution in [0.3, 0.4) is 0 Å². The van der Waals surface area contributed by atoms with E-state index in [4.69, 9.17) is 21.1 Å².